The van der Waals surface area contributed by atoms with Crippen LogP contribution >= 0.6 is 22.6 Å². The molecule has 0 heterocycles. The van der Waals surface area contributed by atoms with Gasteiger partial charge in [0, 0.05) is 3.57 Å². The Labute approximate surface area is 168 Å². The average Bonchev–Trinajstić information content (AvgIpc) is 2.67. The molecule has 2 aromatic carbocycles. The van der Waals surface area contributed by atoms with Gasteiger partial charge in [-0.3, -0.25) is 4.79 Å². The molecule has 0 aromatic heterocycles. The van der Waals surface area contributed by atoms with Crippen molar-refractivity contribution in [3.63, 3.8) is 0 Å². The first-order chi connectivity index (χ1) is 12.5. The van der Waals surface area contributed by atoms with Gasteiger partial charge in [-0.05, 0) is 84.0 Å². The summed E-state index contributed by atoms with van der Waals surface area (Å²) in [7, 11) is 3.16. The Morgan fingerprint density at radius 3 is 2.38 bits per heavy atom. The van der Waals surface area contributed by atoms with Gasteiger partial charge < -0.3 is 14.8 Å². The van der Waals surface area contributed by atoms with Crippen LogP contribution in [0.5, 0.6) is 11.5 Å². The topological polar surface area (TPSA) is 47.6 Å². The molecule has 4 nitrogen and oxygen atoms in total. The minimum Gasteiger partial charge on any atom is -0.493 e. The number of hydrogen-bond donors (Lipinski definition) is 1. The van der Waals surface area contributed by atoms with Crippen molar-refractivity contribution in [1.82, 2.24) is 5.32 Å². The molecule has 1 unspecified atom stereocenters. The van der Waals surface area contributed by atoms with E-state index in [4.69, 9.17) is 9.47 Å². The maximum Gasteiger partial charge on any atom is 0.252 e. The summed E-state index contributed by atoms with van der Waals surface area (Å²) in [6, 6.07) is 10.1. The predicted molar refractivity (Wildman–Crippen MR) is 111 cm³/mol. The maximum absolute atomic E-state index is 12.8. The van der Waals surface area contributed by atoms with Crippen molar-refractivity contribution < 1.29 is 14.3 Å². The zero-order valence-corrected chi connectivity index (χ0v) is 17.6. The number of halogens is 1. The Bertz CT molecular complexity index is 819. The average molecular weight is 465 g/mol. The quantitative estimate of drug-likeness (QED) is 0.653. The van der Waals surface area contributed by atoms with Crippen LogP contribution in [0.1, 0.15) is 52.9 Å². The van der Waals surface area contributed by atoms with Crippen molar-refractivity contribution in [2.45, 2.75) is 38.6 Å². The molecule has 2 aromatic rings. The number of ether oxygens (including phenoxy) is 2. The highest BCUT2D eigenvalue weighted by atomic mass is 127. The van der Waals surface area contributed by atoms with E-state index in [0.717, 1.165) is 15.6 Å². The number of methoxy groups -OCH3 is 2. The lowest BCUT2D eigenvalue weighted by molar-refractivity contribution is 0.0938. The zero-order chi connectivity index (χ0) is 18.7. The van der Waals surface area contributed by atoms with Crippen LogP contribution in [0.3, 0.4) is 0 Å². The SMILES string of the molecule is COc1cc(I)c(C(=O)NC(C)c2ccc3c(c2)CCCC3)cc1OC. The van der Waals surface area contributed by atoms with E-state index >= 15 is 0 Å². The molecule has 138 valence electrons. The van der Waals surface area contributed by atoms with Gasteiger partial charge in [-0.25, -0.2) is 0 Å². The van der Waals surface area contributed by atoms with Gasteiger partial charge in [0.05, 0.1) is 25.8 Å². The lowest BCUT2D eigenvalue weighted by Crippen LogP contribution is -2.27. The van der Waals surface area contributed by atoms with Gasteiger partial charge in [0.15, 0.2) is 11.5 Å². The first-order valence-electron chi connectivity index (χ1n) is 8.87. The molecule has 26 heavy (non-hydrogen) atoms. The monoisotopic (exact) mass is 465 g/mol. The minimum atomic E-state index is -0.111. The number of nitrogens with one attached hydrogen (secondary N) is 1. The molecule has 1 aliphatic carbocycles. The zero-order valence-electron chi connectivity index (χ0n) is 15.4. The molecule has 0 saturated heterocycles. The summed E-state index contributed by atoms with van der Waals surface area (Å²) >= 11 is 2.15. The van der Waals surface area contributed by atoms with Crippen LogP contribution in [-0.2, 0) is 12.8 Å². The van der Waals surface area contributed by atoms with Crippen molar-refractivity contribution in [2.75, 3.05) is 14.2 Å². The Morgan fingerprint density at radius 1 is 1.04 bits per heavy atom. The number of aryl methyl sites for hydroxylation is 2. The summed E-state index contributed by atoms with van der Waals surface area (Å²) in [6.45, 7) is 2.02. The molecule has 5 heteroatoms. The standard InChI is InChI=1S/C21H24INO3/c1-13(15-9-8-14-6-4-5-7-16(14)10-15)23-21(24)17-11-19(25-2)20(26-3)12-18(17)22/h8-13H,4-7H2,1-3H3,(H,23,24). The van der Waals surface area contributed by atoms with Crippen LogP contribution in [0, 0.1) is 3.57 Å². The van der Waals surface area contributed by atoms with E-state index in [-0.39, 0.29) is 11.9 Å². The van der Waals surface area contributed by atoms with E-state index < -0.39 is 0 Å². The summed E-state index contributed by atoms with van der Waals surface area (Å²) < 4.78 is 11.4. The van der Waals surface area contributed by atoms with Crippen LogP contribution < -0.4 is 14.8 Å². The molecule has 0 fully saturated rings. The van der Waals surface area contributed by atoms with Gasteiger partial charge in [0.2, 0.25) is 0 Å². The number of benzene rings is 2. The number of carbonyl (C=O) groups excluding carboxylic acids is 1. The number of hydrogen-bond acceptors (Lipinski definition) is 3. The molecule has 3 rings (SSSR count). The third kappa shape index (κ3) is 3.98. The first-order valence-corrected chi connectivity index (χ1v) is 9.95. The van der Waals surface area contributed by atoms with Crippen molar-refractivity contribution in [3.8, 4) is 11.5 Å². The minimum absolute atomic E-state index is 0.0568. The maximum atomic E-state index is 12.8. The molecule has 1 amide bonds. The first kappa shape index (κ1) is 19.0. The van der Waals surface area contributed by atoms with E-state index in [9.17, 15) is 4.79 Å². The summed E-state index contributed by atoms with van der Waals surface area (Å²) in [6.07, 6.45) is 4.83. The molecule has 0 aliphatic heterocycles. The van der Waals surface area contributed by atoms with Crippen molar-refractivity contribution >= 4 is 28.5 Å². The third-order valence-corrected chi connectivity index (χ3v) is 5.83. The predicted octanol–water partition coefficient (Wildman–Crippen LogP) is 4.68. The van der Waals surface area contributed by atoms with Gasteiger partial charge >= 0.3 is 0 Å². The molecule has 0 radical (unpaired) electrons. The van der Waals surface area contributed by atoms with E-state index in [1.165, 1.54) is 30.4 Å². The normalized spacial score (nSPS) is 14.3. The van der Waals surface area contributed by atoms with Gasteiger partial charge in [-0.1, -0.05) is 18.2 Å². The molecule has 0 bridgehead atoms. The Balaban J connectivity index is 1.79. The fourth-order valence-electron chi connectivity index (χ4n) is 3.41. The fourth-order valence-corrected chi connectivity index (χ4v) is 4.09. The van der Waals surface area contributed by atoms with Gasteiger partial charge in [-0.2, -0.15) is 0 Å². The molecular formula is C21H24INO3. The van der Waals surface area contributed by atoms with E-state index in [1.807, 2.05) is 13.0 Å². The van der Waals surface area contributed by atoms with E-state index in [2.05, 4.69) is 46.1 Å². The smallest absolute Gasteiger partial charge is 0.252 e. The van der Waals surface area contributed by atoms with E-state index in [1.54, 1.807) is 20.3 Å². The summed E-state index contributed by atoms with van der Waals surface area (Å²) in [5, 5.41) is 3.11. The van der Waals surface area contributed by atoms with Crippen molar-refractivity contribution in [3.05, 3.63) is 56.2 Å². The lowest BCUT2D eigenvalue weighted by atomic mass is 9.89. The second kappa shape index (κ2) is 8.29. The third-order valence-electron chi connectivity index (χ3n) is 4.94. The Morgan fingerprint density at radius 2 is 1.69 bits per heavy atom. The molecular weight excluding hydrogens is 441 g/mol. The van der Waals surface area contributed by atoms with Crippen LogP contribution in [0.2, 0.25) is 0 Å². The molecule has 0 spiro atoms. The van der Waals surface area contributed by atoms with Crippen LogP contribution in [0.25, 0.3) is 0 Å². The molecule has 1 aliphatic rings. The fraction of sp³-hybridized carbons (Fsp3) is 0.381. The highest BCUT2D eigenvalue weighted by Crippen LogP contribution is 2.32. The van der Waals surface area contributed by atoms with Crippen LogP contribution in [0.15, 0.2) is 30.3 Å². The number of amides is 1. The second-order valence-corrected chi connectivity index (χ2v) is 7.78. The molecule has 1 atom stereocenters. The summed E-state index contributed by atoms with van der Waals surface area (Å²) in [4.78, 5) is 12.8. The van der Waals surface area contributed by atoms with Gasteiger partial charge in [0.1, 0.15) is 0 Å². The Kier molecular flexibility index (Phi) is 6.06. The highest BCUT2D eigenvalue weighted by molar-refractivity contribution is 14.1. The van der Waals surface area contributed by atoms with Gasteiger partial charge in [-0.15, -0.1) is 0 Å². The molecule has 1 N–H and O–H groups in total. The highest BCUT2D eigenvalue weighted by Gasteiger charge is 2.19. The number of carbonyl (C=O) groups is 1. The van der Waals surface area contributed by atoms with Crippen LogP contribution in [0.4, 0.5) is 0 Å². The lowest BCUT2D eigenvalue weighted by Gasteiger charge is -2.20. The van der Waals surface area contributed by atoms with Crippen molar-refractivity contribution in [2.24, 2.45) is 0 Å². The Hall–Kier alpha value is -1.76. The second-order valence-electron chi connectivity index (χ2n) is 6.62. The van der Waals surface area contributed by atoms with Gasteiger partial charge in [0.25, 0.3) is 5.91 Å². The number of rotatable bonds is 5. The van der Waals surface area contributed by atoms with E-state index in [0.29, 0.717) is 17.1 Å². The largest absolute Gasteiger partial charge is 0.493 e. The van der Waals surface area contributed by atoms with Crippen LogP contribution in [-0.4, -0.2) is 20.1 Å². The number of fused-ring (bicyclic) bond motifs is 1. The summed E-state index contributed by atoms with van der Waals surface area (Å²) in [5.41, 5.74) is 4.62. The molecule has 0 saturated carbocycles. The van der Waals surface area contributed by atoms with Crippen molar-refractivity contribution in [1.29, 1.82) is 0 Å². The summed E-state index contributed by atoms with van der Waals surface area (Å²) in [5.74, 6) is 1.07.